The van der Waals surface area contributed by atoms with Crippen LogP contribution >= 0.6 is 0 Å². The second-order valence-corrected chi connectivity index (χ2v) is 20.2. The van der Waals surface area contributed by atoms with E-state index >= 15 is 0 Å². The maximum Gasteiger partial charge on any atom is 0.0272 e. The van der Waals surface area contributed by atoms with Gasteiger partial charge >= 0.3 is 0 Å². The van der Waals surface area contributed by atoms with Crippen molar-refractivity contribution in [2.75, 3.05) is 0 Å². The summed E-state index contributed by atoms with van der Waals surface area (Å²) >= 11 is 0. The second-order valence-electron chi connectivity index (χ2n) is 20.2. The third-order valence-corrected chi connectivity index (χ3v) is 15.0. The van der Waals surface area contributed by atoms with Gasteiger partial charge in [-0.15, -0.1) is 0 Å². The molecule has 0 N–H and O–H groups in total. The van der Waals surface area contributed by atoms with E-state index in [0.29, 0.717) is 0 Å². The highest BCUT2D eigenvalue weighted by Gasteiger charge is 2.36. The van der Waals surface area contributed by atoms with Gasteiger partial charge in [0.15, 0.2) is 0 Å². The fourth-order valence-corrected chi connectivity index (χ4v) is 10.9. The molecule has 0 unspecified atom stereocenters. The highest BCUT2D eigenvalue weighted by molar-refractivity contribution is 5.92. The SMILES string of the molecule is CCCCCCCc1cc(-c2ccc3c(c2)C(C)(C)c2cc(-c4ccc(C=C(c5ccccc5)c5ccccc5)c(CCCCCCC)c4)ccc2-3)ccc1C=CC(c1ccccc1)c1ccccc1. The van der Waals surface area contributed by atoms with E-state index in [2.05, 4.69) is 240 Å². The fraction of sp³-hybridized carbons (Fsp3) is 0.257. The molecule has 8 aromatic carbocycles. The summed E-state index contributed by atoms with van der Waals surface area (Å²) in [6, 6.07) is 72.6. The molecule has 0 spiro atoms. The third-order valence-electron chi connectivity index (χ3n) is 15.0. The van der Waals surface area contributed by atoms with Gasteiger partial charge in [0.05, 0.1) is 0 Å². The molecule has 0 fully saturated rings. The third kappa shape index (κ3) is 11.3. The van der Waals surface area contributed by atoms with E-state index in [1.165, 1.54) is 159 Å². The number of allylic oxidation sites excluding steroid dienone is 1. The maximum absolute atomic E-state index is 2.50. The summed E-state index contributed by atoms with van der Waals surface area (Å²) in [4.78, 5) is 0. The largest absolute Gasteiger partial charge is 0.0720 e. The first-order valence-electron chi connectivity index (χ1n) is 26.6. The lowest BCUT2D eigenvalue weighted by atomic mass is 9.80. The van der Waals surface area contributed by atoms with E-state index in [1.54, 1.807) is 0 Å². The van der Waals surface area contributed by atoms with Gasteiger partial charge in [-0.25, -0.2) is 0 Å². The van der Waals surface area contributed by atoms with Gasteiger partial charge in [0, 0.05) is 11.3 Å². The lowest BCUT2D eigenvalue weighted by Gasteiger charge is -2.23. The van der Waals surface area contributed by atoms with Crippen LogP contribution in [0, 0.1) is 0 Å². The molecule has 0 aliphatic heterocycles. The molecule has 1 aliphatic rings. The average molecular weight is 913 g/mol. The molecule has 0 heteroatoms. The zero-order chi connectivity index (χ0) is 48.1. The van der Waals surface area contributed by atoms with Gasteiger partial charge in [0.1, 0.15) is 0 Å². The molecule has 0 aromatic heterocycles. The summed E-state index contributed by atoms with van der Waals surface area (Å²) in [5.74, 6) is 0.192. The Morgan fingerprint density at radius 3 is 1.29 bits per heavy atom. The lowest BCUT2D eigenvalue weighted by Crippen LogP contribution is -2.15. The van der Waals surface area contributed by atoms with Crippen molar-refractivity contribution in [1.82, 2.24) is 0 Å². The molecule has 1 aliphatic carbocycles. The summed E-state index contributed by atoms with van der Waals surface area (Å²) in [5, 5.41) is 0. The van der Waals surface area contributed by atoms with Crippen LogP contribution in [0.5, 0.6) is 0 Å². The first-order chi connectivity index (χ1) is 34.4. The van der Waals surface area contributed by atoms with E-state index in [0.717, 1.165) is 12.8 Å². The number of rotatable bonds is 21. The van der Waals surface area contributed by atoms with Gasteiger partial charge in [-0.1, -0.05) is 273 Å². The Kier molecular flexibility index (Phi) is 16.0. The van der Waals surface area contributed by atoms with Crippen LogP contribution in [0.25, 0.3) is 51.1 Å². The summed E-state index contributed by atoms with van der Waals surface area (Å²) in [6.07, 6.45) is 22.1. The Hall–Kier alpha value is -6.76. The van der Waals surface area contributed by atoms with Gasteiger partial charge < -0.3 is 0 Å². The van der Waals surface area contributed by atoms with Crippen LogP contribution in [0.15, 0.2) is 200 Å². The molecular formula is C70H72. The van der Waals surface area contributed by atoms with Crippen LogP contribution < -0.4 is 0 Å². The number of benzene rings is 8. The molecule has 8 aromatic rings. The molecule has 0 atom stereocenters. The van der Waals surface area contributed by atoms with Crippen molar-refractivity contribution in [3.05, 3.63) is 256 Å². The monoisotopic (exact) mass is 913 g/mol. The van der Waals surface area contributed by atoms with E-state index in [4.69, 9.17) is 0 Å². The number of hydrogen-bond acceptors (Lipinski definition) is 0. The Labute approximate surface area is 420 Å². The highest BCUT2D eigenvalue weighted by Crippen LogP contribution is 2.51. The number of fused-ring (bicyclic) bond motifs is 3. The summed E-state index contributed by atoms with van der Waals surface area (Å²) in [6.45, 7) is 9.47. The van der Waals surface area contributed by atoms with Gasteiger partial charge in [0.25, 0.3) is 0 Å². The normalized spacial score (nSPS) is 12.6. The molecule has 0 saturated carbocycles. The van der Waals surface area contributed by atoms with Crippen LogP contribution in [0.4, 0.5) is 0 Å². The standard InChI is InChI=1S/C70H72/c1-5-7-9-11-17-35-57-47-59(38-37-52(57)41-44-64(53-27-19-13-20-28-53)54-29-21-14-22-30-54)62-42-45-65-66-46-43-63(51-69(66)70(3,4)68(65)50-62)60-39-40-61(58(48-60)36-18-12-10-8-6-2)49-67(55-31-23-15-24-32-55)56-33-25-16-26-34-56/h13-16,19-34,37-51,64H,5-12,17-18,35-36H2,1-4H3. The Balaban J connectivity index is 1.02. The summed E-state index contributed by atoms with van der Waals surface area (Å²) in [7, 11) is 0. The first kappa shape index (κ1) is 48.3. The summed E-state index contributed by atoms with van der Waals surface area (Å²) < 4.78 is 0. The molecule has 9 rings (SSSR count). The molecule has 0 saturated heterocycles. The van der Waals surface area contributed by atoms with Crippen LogP contribution in [0.1, 0.15) is 153 Å². The van der Waals surface area contributed by atoms with Crippen molar-refractivity contribution >= 4 is 17.7 Å². The number of aryl methyl sites for hydroxylation is 2. The predicted octanol–water partition coefficient (Wildman–Crippen LogP) is 19.8. The minimum atomic E-state index is -0.142. The summed E-state index contributed by atoms with van der Waals surface area (Å²) in [5.41, 5.74) is 22.5. The second kappa shape index (κ2) is 23.2. The minimum Gasteiger partial charge on any atom is -0.0720 e. The number of hydrogen-bond donors (Lipinski definition) is 0. The van der Waals surface area contributed by atoms with Gasteiger partial charge in [-0.05, 0) is 138 Å². The smallest absolute Gasteiger partial charge is 0.0272 e. The van der Waals surface area contributed by atoms with Gasteiger partial charge in [0.2, 0.25) is 0 Å². The van der Waals surface area contributed by atoms with Crippen LogP contribution in [-0.4, -0.2) is 0 Å². The van der Waals surface area contributed by atoms with Crippen molar-refractivity contribution < 1.29 is 0 Å². The van der Waals surface area contributed by atoms with Crippen molar-refractivity contribution in [2.45, 2.75) is 116 Å². The van der Waals surface area contributed by atoms with E-state index in [-0.39, 0.29) is 11.3 Å². The molecule has 70 heavy (non-hydrogen) atoms. The quantitative estimate of drug-likeness (QED) is 0.0498. The zero-order valence-corrected chi connectivity index (χ0v) is 42.3. The van der Waals surface area contributed by atoms with Crippen molar-refractivity contribution in [3.8, 4) is 33.4 Å². The molecule has 0 nitrogen and oxygen atoms in total. The van der Waals surface area contributed by atoms with Crippen molar-refractivity contribution in [2.24, 2.45) is 0 Å². The Morgan fingerprint density at radius 1 is 0.414 bits per heavy atom. The molecule has 0 bridgehead atoms. The van der Waals surface area contributed by atoms with E-state index in [1.807, 2.05) is 0 Å². The Bertz CT molecular complexity index is 2920. The zero-order valence-electron chi connectivity index (χ0n) is 42.3. The van der Waals surface area contributed by atoms with Gasteiger partial charge in [-0.2, -0.15) is 0 Å². The van der Waals surface area contributed by atoms with E-state index < -0.39 is 0 Å². The first-order valence-corrected chi connectivity index (χ1v) is 26.6. The molecule has 0 amide bonds. The fourth-order valence-electron chi connectivity index (χ4n) is 10.9. The molecule has 352 valence electrons. The van der Waals surface area contributed by atoms with Crippen molar-refractivity contribution in [3.63, 3.8) is 0 Å². The maximum atomic E-state index is 2.50. The topological polar surface area (TPSA) is 0 Å². The van der Waals surface area contributed by atoms with Crippen LogP contribution in [0.3, 0.4) is 0 Å². The highest BCUT2D eigenvalue weighted by atomic mass is 14.4. The molecule has 0 radical (unpaired) electrons. The Morgan fingerprint density at radius 2 is 0.814 bits per heavy atom. The van der Waals surface area contributed by atoms with E-state index in [9.17, 15) is 0 Å². The predicted molar refractivity (Wildman–Crippen MR) is 303 cm³/mol. The van der Waals surface area contributed by atoms with Crippen molar-refractivity contribution in [1.29, 1.82) is 0 Å². The minimum absolute atomic E-state index is 0.142. The van der Waals surface area contributed by atoms with Crippen LogP contribution in [-0.2, 0) is 18.3 Å². The average Bonchev–Trinajstić information content (AvgIpc) is 3.63. The van der Waals surface area contributed by atoms with Gasteiger partial charge in [-0.3, -0.25) is 0 Å². The number of unbranched alkanes of at least 4 members (excludes halogenated alkanes) is 8. The molecular weight excluding hydrogens is 841 g/mol. The lowest BCUT2D eigenvalue weighted by molar-refractivity contribution is 0.632. The van der Waals surface area contributed by atoms with Crippen LogP contribution in [0.2, 0.25) is 0 Å². The molecule has 0 heterocycles.